The van der Waals surface area contributed by atoms with Crippen molar-refractivity contribution in [3.8, 4) is 0 Å². The van der Waals surface area contributed by atoms with Gasteiger partial charge in [0.05, 0.1) is 10.7 Å². The Hall–Kier alpha value is -1.71. The summed E-state index contributed by atoms with van der Waals surface area (Å²) in [6, 6.07) is 12.6. The summed E-state index contributed by atoms with van der Waals surface area (Å²) in [4.78, 5) is 12.2. The summed E-state index contributed by atoms with van der Waals surface area (Å²) in [5, 5.41) is 6.91. The van der Waals surface area contributed by atoms with Crippen molar-refractivity contribution < 1.29 is 4.79 Å². The van der Waals surface area contributed by atoms with Crippen molar-refractivity contribution in [2.45, 2.75) is 26.3 Å². The summed E-state index contributed by atoms with van der Waals surface area (Å²) in [6.45, 7) is 3.90. The third-order valence-corrected chi connectivity index (χ3v) is 3.89. The fourth-order valence-corrected chi connectivity index (χ4v) is 2.32. The molecule has 1 atom stereocenters. The Kier molecular flexibility index (Phi) is 5.69. The monoisotopic (exact) mass is 336 g/mol. The van der Waals surface area contributed by atoms with Crippen LogP contribution < -0.4 is 10.6 Å². The quantitative estimate of drug-likeness (QED) is 0.806. The topological polar surface area (TPSA) is 41.1 Å². The molecule has 2 aromatic carbocycles. The average molecular weight is 337 g/mol. The largest absolute Gasteiger partial charge is 0.374 e. The molecule has 0 heterocycles. The van der Waals surface area contributed by atoms with Crippen LogP contribution in [-0.2, 0) is 11.2 Å². The Labute approximate surface area is 140 Å². The molecular formula is C17H18Cl2N2O. The molecule has 0 saturated carbocycles. The van der Waals surface area contributed by atoms with Gasteiger partial charge in [-0.2, -0.15) is 0 Å². The second kappa shape index (κ2) is 7.52. The molecule has 116 valence electrons. The van der Waals surface area contributed by atoms with Gasteiger partial charge in [-0.25, -0.2) is 0 Å². The lowest BCUT2D eigenvalue weighted by atomic mass is 10.1. The summed E-state index contributed by atoms with van der Waals surface area (Å²) in [5.41, 5.74) is 2.67. The van der Waals surface area contributed by atoms with Crippen molar-refractivity contribution in [2.24, 2.45) is 0 Å². The van der Waals surface area contributed by atoms with Crippen LogP contribution in [0.1, 0.15) is 19.4 Å². The molecule has 0 aliphatic rings. The van der Waals surface area contributed by atoms with Crippen molar-refractivity contribution in [3.05, 3.63) is 58.1 Å². The zero-order valence-corrected chi connectivity index (χ0v) is 14.0. The summed E-state index contributed by atoms with van der Waals surface area (Å²) in [5.74, 6) is -0.177. The minimum Gasteiger partial charge on any atom is -0.374 e. The number of anilines is 2. The standard InChI is InChI=1S/C17H18Cl2N2O/c1-3-12-4-7-14(8-5-12)20-11(2)17(22)21-16-10-13(18)6-9-15(16)19/h4-11,20H,3H2,1-2H3,(H,21,22). The molecule has 0 saturated heterocycles. The number of nitrogens with one attached hydrogen (secondary N) is 2. The summed E-state index contributed by atoms with van der Waals surface area (Å²) < 4.78 is 0. The van der Waals surface area contributed by atoms with Gasteiger partial charge in [0, 0.05) is 10.7 Å². The molecule has 3 nitrogen and oxygen atoms in total. The summed E-state index contributed by atoms with van der Waals surface area (Å²) in [7, 11) is 0. The van der Waals surface area contributed by atoms with E-state index in [2.05, 4.69) is 17.6 Å². The molecule has 0 aliphatic carbocycles. The number of aryl methyl sites for hydroxylation is 1. The molecule has 5 heteroatoms. The van der Waals surface area contributed by atoms with Crippen LogP contribution in [0.2, 0.25) is 10.0 Å². The number of amides is 1. The van der Waals surface area contributed by atoms with Gasteiger partial charge in [-0.05, 0) is 49.2 Å². The minimum absolute atomic E-state index is 0.177. The first-order valence-corrected chi connectivity index (χ1v) is 7.86. The molecule has 0 radical (unpaired) electrons. The Morgan fingerprint density at radius 2 is 1.82 bits per heavy atom. The van der Waals surface area contributed by atoms with Crippen LogP contribution in [0.25, 0.3) is 0 Å². The number of carbonyl (C=O) groups is 1. The molecule has 22 heavy (non-hydrogen) atoms. The molecular weight excluding hydrogens is 319 g/mol. The second-order valence-corrected chi connectivity index (χ2v) is 5.87. The van der Waals surface area contributed by atoms with E-state index >= 15 is 0 Å². The van der Waals surface area contributed by atoms with Gasteiger partial charge in [0.15, 0.2) is 0 Å². The van der Waals surface area contributed by atoms with Crippen LogP contribution in [0.5, 0.6) is 0 Å². The Balaban J connectivity index is 2.00. The van der Waals surface area contributed by atoms with Gasteiger partial charge < -0.3 is 10.6 Å². The van der Waals surface area contributed by atoms with Gasteiger partial charge in [0.25, 0.3) is 0 Å². The van der Waals surface area contributed by atoms with Gasteiger partial charge >= 0.3 is 0 Å². The number of halogens is 2. The van der Waals surface area contributed by atoms with Crippen LogP contribution in [0, 0.1) is 0 Å². The molecule has 2 N–H and O–H groups in total. The number of hydrogen-bond donors (Lipinski definition) is 2. The highest BCUT2D eigenvalue weighted by Gasteiger charge is 2.14. The number of carbonyl (C=O) groups excluding carboxylic acids is 1. The van der Waals surface area contributed by atoms with Gasteiger partial charge in [-0.3, -0.25) is 4.79 Å². The van der Waals surface area contributed by atoms with E-state index in [9.17, 15) is 4.79 Å². The molecule has 2 aromatic rings. The lowest BCUT2D eigenvalue weighted by Gasteiger charge is -2.16. The molecule has 1 unspecified atom stereocenters. The number of hydrogen-bond acceptors (Lipinski definition) is 2. The van der Waals surface area contributed by atoms with E-state index in [-0.39, 0.29) is 5.91 Å². The Morgan fingerprint density at radius 1 is 1.14 bits per heavy atom. The maximum absolute atomic E-state index is 12.2. The van der Waals surface area contributed by atoms with Gasteiger partial charge in [0.1, 0.15) is 6.04 Å². The maximum atomic E-state index is 12.2. The predicted molar refractivity (Wildman–Crippen MR) is 94.0 cm³/mol. The summed E-state index contributed by atoms with van der Waals surface area (Å²) >= 11 is 12.0. The van der Waals surface area contributed by atoms with Crippen LogP contribution in [0.15, 0.2) is 42.5 Å². The van der Waals surface area contributed by atoms with Crippen molar-refractivity contribution in [1.82, 2.24) is 0 Å². The fourth-order valence-electron chi connectivity index (χ4n) is 1.99. The maximum Gasteiger partial charge on any atom is 0.246 e. The van der Waals surface area contributed by atoms with Gasteiger partial charge in [-0.15, -0.1) is 0 Å². The van der Waals surface area contributed by atoms with E-state index in [4.69, 9.17) is 23.2 Å². The molecule has 0 fully saturated rings. The predicted octanol–water partition coefficient (Wildman–Crippen LogP) is 4.99. The molecule has 0 spiro atoms. The van der Waals surface area contributed by atoms with E-state index < -0.39 is 6.04 Å². The lowest BCUT2D eigenvalue weighted by molar-refractivity contribution is -0.116. The van der Waals surface area contributed by atoms with Gasteiger partial charge in [-0.1, -0.05) is 42.3 Å². The minimum atomic E-state index is -0.400. The first-order chi connectivity index (χ1) is 10.5. The highest BCUT2D eigenvalue weighted by molar-refractivity contribution is 6.35. The third-order valence-electron chi connectivity index (χ3n) is 3.32. The average Bonchev–Trinajstić information content (AvgIpc) is 2.51. The fraction of sp³-hybridized carbons (Fsp3) is 0.235. The van der Waals surface area contributed by atoms with Crippen LogP contribution in [0.3, 0.4) is 0 Å². The van der Waals surface area contributed by atoms with Crippen LogP contribution >= 0.6 is 23.2 Å². The van der Waals surface area contributed by atoms with Crippen LogP contribution in [-0.4, -0.2) is 11.9 Å². The van der Waals surface area contributed by atoms with E-state index in [1.807, 2.05) is 24.3 Å². The molecule has 0 bridgehead atoms. The third kappa shape index (κ3) is 4.39. The molecule has 1 amide bonds. The van der Waals surface area contributed by atoms with Crippen molar-refractivity contribution in [3.63, 3.8) is 0 Å². The molecule has 0 aromatic heterocycles. The normalized spacial score (nSPS) is 11.8. The lowest BCUT2D eigenvalue weighted by Crippen LogP contribution is -2.31. The van der Waals surface area contributed by atoms with Gasteiger partial charge in [0.2, 0.25) is 5.91 Å². The Morgan fingerprint density at radius 3 is 2.45 bits per heavy atom. The Bertz CT molecular complexity index is 656. The second-order valence-electron chi connectivity index (χ2n) is 5.03. The highest BCUT2D eigenvalue weighted by Crippen LogP contribution is 2.25. The highest BCUT2D eigenvalue weighted by atomic mass is 35.5. The first kappa shape index (κ1) is 16.7. The zero-order valence-electron chi connectivity index (χ0n) is 12.5. The smallest absolute Gasteiger partial charge is 0.246 e. The molecule has 0 aliphatic heterocycles. The first-order valence-electron chi connectivity index (χ1n) is 7.11. The number of rotatable bonds is 5. The van der Waals surface area contributed by atoms with E-state index in [0.29, 0.717) is 15.7 Å². The van der Waals surface area contributed by atoms with Crippen molar-refractivity contribution >= 4 is 40.5 Å². The zero-order chi connectivity index (χ0) is 16.1. The summed E-state index contributed by atoms with van der Waals surface area (Å²) in [6.07, 6.45) is 0.990. The van der Waals surface area contributed by atoms with Crippen molar-refractivity contribution in [2.75, 3.05) is 10.6 Å². The van der Waals surface area contributed by atoms with Crippen molar-refractivity contribution in [1.29, 1.82) is 0 Å². The van der Waals surface area contributed by atoms with E-state index in [1.54, 1.807) is 25.1 Å². The van der Waals surface area contributed by atoms with E-state index in [1.165, 1.54) is 5.56 Å². The van der Waals surface area contributed by atoms with E-state index in [0.717, 1.165) is 12.1 Å². The number of benzene rings is 2. The van der Waals surface area contributed by atoms with Crippen LogP contribution in [0.4, 0.5) is 11.4 Å². The molecule has 2 rings (SSSR count). The SMILES string of the molecule is CCc1ccc(NC(C)C(=O)Nc2cc(Cl)ccc2Cl)cc1.